The molecule has 0 fully saturated rings. The van der Waals surface area contributed by atoms with E-state index in [4.69, 9.17) is 0 Å². The summed E-state index contributed by atoms with van der Waals surface area (Å²) in [5.41, 5.74) is 2.65. The van der Waals surface area contributed by atoms with Gasteiger partial charge in [0.2, 0.25) is 0 Å². The number of hydrogen-bond donors (Lipinski definition) is 0. The van der Waals surface area contributed by atoms with Crippen molar-refractivity contribution in [1.29, 1.82) is 0 Å². The molecule has 0 saturated carbocycles. The van der Waals surface area contributed by atoms with Crippen molar-refractivity contribution in [3.05, 3.63) is 69.3 Å². The molecule has 0 aliphatic rings. The highest BCUT2D eigenvalue weighted by Gasteiger charge is 1.81. The summed E-state index contributed by atoms with van der Waals surface area (Å²) in [6.45, 7) is 13.0. The van der Waals surface area contributed by atoms with Gasteiger partial charge in [0.05, 0.1) is 0 Å². The molecule has 2 aromatic carbocycles. The Kier molecular flexibility index (Phi) is 21.4. The minimum atomic E-state index is 1.30. The van der Waals surface area contributed by atoms with E-state index in [1.165, 1.54) is 46.8 Å². The van der Waals surface area contributed by atoms with Crippen LogP contribution in [0, 0.1) is 17.4 Å². The van der Waals surface area contributed by atoms with Gasteiger partial charge in [0.1, 0.15) is 0 Å². The average molecular weight is 440 g/mol. The van der Waals surface area contributed by atoms with E-state index in [0.717, 1.165) is 0 Å². The second kappa shape index (κ2) is 20.2. The molecule has 0 unspecified atom stereocenters. The van der Waals surface area contributed by atoms with Gasteiger partial charge in [-0.2, -0.15) is 0 Å². The highest BCUT2D eigenvalue weighted by Crippen LogP contribution is 2.04. The van der Waals surface area contributed by atoms with Crippen molar-refractivity contribution in [3.8, 4) is 0 Å². The summed E-state index contributed by atoms with van der Waals surface area (Å²) in [4.78, 5) is 0. The third-order valence-electron chi connectivity index (χ3n) is 3.16. The van der Waals surface area contributed by atoms with Crippen LogP contribution in [0.5, 0.6) is 0 Å². The molecule has 0 aliphatic carbocycles. The molecule has 1 heteroatoms. The Morgan fingerprint density at radius 1 is 0.583 bits per heavy atom. The van der Waals surface area contributed by atoms with Crippen LogP contribution in [0.25, 0.3) is 0 Å². The van der Waals surface area contributed by atoms with E-state index in [2.05, 4.69) is 101 Å². The lowest BCUT2D eigenvalue weighted by Gasteiger charge is -1.88. The lowest BCUT2D eigenvalue weighted by molar-refractivity contribution is 0.772. The van der Waals surface area contributed by atoms with Crippen molar-refractivity contribution < 1.29 is 0 Å². The molecule has 136 valence electrons. The van der Waals surface area contributed by atoms with Crippen molar-refractivity contribution in [2.24, 2.45) is 0 Å². The minimum Gasteiger partial charge on any atom is -0.0654 e. The van der Waals surface area contributed by atoms with Crippen LogP contribution in [0.3, 0.4) is 0 Å². The first-order valence-electron chi connectivity index (χ1n) is 9.25. The van der Waals surface area contributed by atoms with E-state index < -0.39 is 0 Å². The maximum Gasteiger partial charge on any atom is 0.0130 e. The van der Waals surface area contributed by atoms with Crippen molar-refractivity contribution in [2.75, 3.05) is 0 Å². The topological polar surface area (TPSA) is 0 Å². The Morgan fingerprint density at radius 3 is 1.21 bits per heavy atom. The first kappa shape index (κ1) is 25.4. The number of unbranched alkanes of at least 4 members (excludes halogenated alkanes) is 3. The number of hydrogen-bond acceptors (Lipinski definition) is 0. The van der Waals surface area contributed by atoms with Crippen LogP contribution < -0.4 is 0 Å². The summed E-state index contributed by atoms with van der Waals surface area (Å²) >= 11 is 2.30. The summed E-state index contributed by atoms with van der Waals surface area (Å²) in [6, 6.07) is 18.7. The van der Waals surface area contributed by atoms with Gasteiger partial charge in [0.15, 0.2) is 0 Å². The van der Waals surface area contributed by atoms with Crippen LogP contribution in [0.15, 0.2) is 54.6 Å². The minimum absolute atomic E-state index is 1.30. The van der Waals surface area contributed by atoms with E-state index in [1.54, 1.807) is 0 Å². The van der Waals surface area contributed by atoms with E-state index >= 15 is 0 Å². The largest absolute Gasteiger partial charge is 0.0654 e. The summed E-state index contributed by atoms with van der Waals surface area (Å²) in [7, 11) is 0. The van der Waals surface area contributed by atoms with Crippen molar-refractivity contribution in [1.82, 2.24) is 0 Å². The first-order chi connectivity index (χ1) is 11.5. The summed E-state index contributed by atoms with van der Waals surface area (Å²) < 4.78 is 1.30. The number of benzene rings is 2. The quantitative estimate of drug-likeness (QED) is 0.419. The molecular weight excluding hydrogens is 403 g/mol. The van der Waals surface area contributed by atoms with Crippen molar-refractivity contribution in [2.45, 2.75) is 73.6 Å². The lowest BCUT2D eigenvalue weighted by atomic mass is 10.2. The number of halogens is 1. The summed E-state index contributed by atoms with van der Waals surface area (Å²) in [5, 5.41) is 0. The van der Waals surface area contributed by atoms with Crippen LogP contribution in [0.1, 0.15) is 70.9 Å². The fraction of sp³-hybridized carbons (Fsp3) is 0.478. The van der Waals surface area contributed by atoms with E-state index in [-0.39, 0.29) is 0 Å². The molecule has 24 heavy (non-hydrogen) atoms. The van der Waals surface area contributed by atoms with E-state index in [0.29, 0.717) is 0 Å². The molecule has 2 rings (SSSR count). The highest BCUT2D eigenvalue weighted by molar-refractivity contribution is 14.1. The average Bonchev–Trinajstić information content (AvgIpc) is 2.60. The fourth-order valence-electron chi connectivity index (χ4n) is 1.42. The predicted octanol–water partition coefficient (Wildman–Crippen LogP) is 8.60. The van der Waals surface area contributed by atoms with Gasteiger partial charge in [-0.15, -0.1) is 0 Å². The molecule has 0 atom stereocenters. The molecule has 0 saturated heterocycles. The van der Waals surface area contributed by atoms with Gasteiger partial charge < -0.3 is 0 Å². The van der Waals surface area contributed by atoms with Crippen LogP contribution in [0.4, 0.5) is 0 Å². The molecule has 0 bridgehead atoms. The second-order valence-corrected chi connectivity index (χ2v) is 7.05. The Labute approximate surface area is 165 Å². The molecule has 0 radical (unpaired) electrons. The van der Waals surface area contributed by atoms with Gasteiger partial charge >= 0.3 is 0 Å². The molecule has 0 nitrogen and oxygen atoms in total. The normalized spacial score (nSPS) is 8.62. The molecule has 0 aliphatic heterocycles. The van der Waals surface area contributed by atoms with Crippen LogP contribution >= 0.6 is 22.6 Å². The van der Waals surface area contributed by atoms with Crippen molar-refractivity contribution >= 4 is 22.6 Å². The van der Waals surface area contributed by atoms with Gasteiger partial charge in [-0.3, -0.25) is 0 Å². The molecule has 0 amide bonds. The Morgan fingerprint density at radius 2 is 1.00 bits per heavy atom. The Balaban J connectivity index is 0. The number of rotatable bonds is 3. The fourth-order valence-corrected chi connectivity index (χ4v) is 1.78. The van der Waals surface area contributed by atoms with Crippen molar-refractivity contribution in [3.63, 3.8) is 0 Å². The third-order valence-corrected chi connectivity index (χ3v) is 3.88. The van der Waals surface area contributed by atoms with Gasteiger partial charge in [-0.1, -0.05) is 113 Å². The second-order valence-electron chi connectivity index (χ2n) is 5.80. The zero-order valence-electron chi connectivity index (χ0n) is 16.6. The van der Waals surface area contributed by atoms with Gasteiger partial charge in [0, 0.05) is 3.57 Å². The van der Waals surface area contributed by atoms with Gasteiger partial charge in [-0.05, 0) is 48.6 Å². The van der Waals surface area contributed by atoms with Gasteiger partial charge in [-0.25, -0.2) is 0 Å². The van der Waals surface area contributed by atoms with E-state index in [1.807, 2.05) is 18.2 Å². The summed E-state index contributed by atoms with van der Waals surface area (Å²) in [6.07, 6.45) is 6.72. The van der Waals surface area contributed by atoms with Gasteiger partial charge in [0.25, 0.3) is 0 Å². The molecular formula is C23H37I. The standard InChI is InChI=1S/C7H7I.C7H8.C5H12.C4H10/c1-6-2-4-7(8)5-3-6;1-7-5-3-2-4-6-7;1-3-5-4-2;1-3-4-2/h2-5H,1H3;2-6H,1H3;3-5H2,1-2H3;3-4H2,1-2H3. The Bertz CT molecular complexity index is 420. The van der Waals surface area contributed by atoms with E-state index in [9.17, 15) is 0 Å². The lowest BCUT2D eigenvalue weighted by Crippen LogP contribution is -1.69. The molecule has 0 spiro atoms. The zero-order chi connectivity index (χ0) is 18.6. The van der Waals surface area contributed by atoms with Crippen LogP contribution in [0.2, 0.25) is 0 Å². The highest BCUT2D eigenvalue weighted by atomic mass is 127. The molecule has 0 heterocycles. The molecule has 2 aromatic rings. The molecule has 0 N–H and O–H groups in total. The maximum absolute atomic E-state index is 2.30. The number of aryl methyl sites for hydroxylation is 2. The maximum atomic E-state index is 2.30. The molecule has 0 aromatic heterocycles. The van der Waals surface area contributed by atoms with Crippen LogP contribution in [-0.4, -0.2) is 0 Å². The first-order valence-corrected chi connectivity index (χ1v) is 10.3. The third kappa shape index (κ3) is 21.2. The predicted molar refractivity (Wildman–Crippen MR) is 121 cm³/mol. The SMILES string of the molecule is CCCC.CCCCC.Cc1ccc(I)cc1.Cc1ccccc1. The zero-order valence-corrected chi connectivity index (χ0v) is 18.8. The van der Waals surface area contributed by atoms with Crippen LogP contribution in [-0.2, 0) is 0 Å². The smallest absolute Gasteiger partial charge is 0.0130 e. The monoisotopic (exact) mass is 440 g/mol. The summed E-state index contributed by atoms with van der Waals surface area (Å²) in [5.74, 6) is 0. The Hall–Kier alpha value is -0.830.